The molecule has 0 bridgehead atoms. The lowest BCUT2D eigenvalue weighted by atomic mass is 10.2. The molecule has 6 heteroatoms. The number of nitrogens with one attached hydrogen (secondary N) is 2. The highest BCUT2D eigenvalue weighted by atomic mass is 19.1. The Morgan fingerprint density at radius 3 is 2.64 bits per heavy atom. The van der Waals surface area contributed by atoms with Gasteiger partial charge in [0.2, 0.25) is 5.95 Å². The van der Waals surface area contributed by atoms with E-state index in [2.05, 4.69) is 20.6 Å². The maximum atomic E-state index is 13.0. The summed E-state index contributed by atoms with van der Waals surface area (Å²) in [4.78, 5) is 8.92. The van der Waals surface area contributed by atoms with Gasteiger partial charge in [-0.2, -0.15) is 4.98 Å². The zero-order valence-electron chi connectivity index (χ0n) is 12.4. The minimum absolute atomic E-state index is 0.0116. The summed E-state index contributed by atoms with van der Waals surface area (Å²) in [5.41, 5.74) is 1.76. The number of rotatable bonds is 6. The summed E-state index contributed by atoms with van der Waals surface area (Å²) >= 11 is 0. The van der Waals surface area contributed by atoms with Crippen LogP contribution in [0.15, 0.2) is 30.3 Å². The van der Waals surface area contributed by atoms with Crippen LogP contribution in [0.5, 0.6) is 0 Å². The molecular formula is C16H19FN4O. The molecule has 1 saturated carbocycles. The van der Waals surface area contributed by atoms with E-state index in [-0.39, 0.29) is 18.5 Å². The van der Waals surface area contributed by atoms with Crippen molar-refractivity contribution in [1.82, 2.24) is 9.97 Å². The number of nitrogens with zero attached hydrogens (tertiary/aromatic N) is 2. The van der Waals surface area contributed by atoms with E-state index < -0.39 is 0 Å². The Morgan fingerprint density at radius 2 is 2.00 bits per heavy atom. The average Bonchev–Trinajstić information content (AvgIpc) is 3.34. The van der Waals surface area contributed by atoms with Gasteiger partial charge in [-0.05, 0) is 44.0 Å². The van der Waals surface area contributed by atoms with Crippen molar-refractivity contribution in [3.63, 3.8) is 0 Å². The highest BCUT2D eigenvalue weighted by Gasteiger charge is 2.26. The highest BCUT2D eigenvalue weighted by molar-refractivity contribution is 5.58. The maximum absolute atomic E-state index is 13.0. The maximum Gasteiger partial charge on any atom is 0.225 e. The van der Waals surface area contributed by atoms with Gasteiger partial charge in [0.25, 0.3) is 0 Å². The topological polar surface area (TPSA) is 70.1 Å². The molecular weight excluding hydrogens is 283 g/mol. The Kier molecular flexibility index (Phi) is 4.20. The van der Waals surface area contributed by atoms with Gasteiger partial charge in [0.05, 0.1) is 12.3 Å². The Balaban J connectivity index is 1.83. The zero-order valence-corrected chi connectivity index (χ0v) is 12.4. The van der Waals surface area contributed by atoms with Gasteiger partial charge >= 0.3 is 0 Å². The SMILES string of the molecule is C[C@@H](CO)Nc1nc(Nc2ccc(F)cc2)cc(C2CC2)n1. The fraction of sp³-hybridized carbons (Fsp3) is 0.375. The standard InChI is InChI=1S/C16H19FN4O/c1-10(9-22)18-16-20-14(11-2-3-11)8-15(21-16)19-13-6-4-12(17)5-7-13/h4-8,10-11,22H,2-3,9H2,1H3,(H2,18,19,20,21)/t10-/m0/s1. The third kappa shape index (κ3) is 3.71. The number of hydrogen-bond acceptors (Lipinski definition) is 5. The van der Waals surface area contributed by atoms with Gasteiger partial charge in [0.1, 0.15) is 11.6 Å². The third-order valence-corrected chi connectivity index (χ3v) is 3.51. The van der Waals surface area contributed by atoms with Crippen LogP contribution < -0.4 is 10.6 Å². The van der Waals surface area contributed by atoms with E-state index in [1.807, 2.05) is 13.0 Å². The van der Waals surface area contributed by atoms with Crippen molar-refractivity contribution in [2.45, 2.75) is 31.7 Å². The van der Waals surface area contributed by atoms with Crippen molar-refractivity contribution >= 4 is 17.5 Å². The fourth-order valence-electron chi connectivity index (χ4n) is 2.13. The van der Waals surface area contributed by atoms with Crippen LogP contribution >= 0.6 is 0 Å². The minimum Gasteiger partial charge on any atom is -0.394 e. The summed E-state index contributed by atoms with van der Waals surface area (Å²) in [7, 11) is 0. The second-order valence-electron chi connectivity index (χ2n) is 5.64. The molecule has 22 heavy (non-hydrogen) atoms. The molecule has 1 fully saturated rings. The first-order chi connectivity index (χ1) is 10.6. The van der Waals surface area contributed by atoms with Crippen molar-refractivity contribution in [1.29, 1.82) is 0 Å². The van der Waals surface area contributed by atoms with Crippen molar-refractivity contribution < 1.29 is 9.50 Å². The van der Waals surface area contributed by atoms with E-state index in [1.165, 1.54) is 12.1 Å². The van der Waals surface area contributed by atoms with E-state index >= 15 is 0 Å². The molecule has 0 saturated heterocycles. The summed E-state index contributed by atoms with van der Waals surface area (Å²) < 4.78 is 13.0. The van der Waals surface area contributed by atoms with Gasteiger partial charge in [-0.25, -0.2) is 9.37 Å². The average molecular weight is 302 g/mol. The van der Waals surface area contributed by atoms with Crippen molar-refractivity contribution in [3.8, 4) is 0 Å². The number of halogens is 1. The molecule has 0 amide bonds. The van der Waals surface area contributed by atoms with Crippen molar-refractivity contribution in [2.24, 2.45) is 0 Å². The molecule has 1 atom stereocenters. The van der Waals surface area contributed by atoms with Crippen LogP contribution in [-0.4, -0.2) is 27.7 Å². The van der Waals surface area contributed by atoms with Crippen LogP contribution in [0.2, 0.25) is 0 Å². The summed E-state index contributed by atoms with van der Waals surface area (Å²) in [6.45, 7) is 1.87. The predicted molar refractivity (Wildman–Crippen MR) is 83.9 cm³/mol. The van der Waals surface area contributed by atoms with Gasteiger partial charge in [-0.15, -0.1) is 0 Å². The van der Waals surface area contributed by atoms with Gasteiger partial charge in [0, 0.05) is 23.7 Å². The monoisotopic (exact) mass is 302 g/mol. The van der Waals surface area contributed by atoms with E-state index in [9.17, 15) is 4.39 Å². The zero-order chi connectivity index (χ0) is 15.5. The molecule has 0 unspecified atom stereocenters. The number of aromatic nitrogens is 2. The van der Waals surface area contributed by atoms with Crippen LogP contribution in [0.4, 0.5) is 21.8 Å². The molecule has 1 aliphatic rings. The first-order valence-electron chi connectivity index (χ1n) is 7.43. The number of benzene rings is 1. The largest absolute Gasteiger partial charge is 0.394 e. The molecule has 0 radical (unpaired) electrons. The van der Waals surface area contributed by atoms with Crippen LogP contribution in [0, 0.1) is 5.82 Å². The second-order valence-corrected chi connectivity index (χ2v) is 5.64. The van der Waals surface area contributed by atoms with Crippen LogP contribution in [-0.2, 0) is 0 Å². The second kappa shape index (κ2) is 6.27. The normalized spacial score (nSPS) is 15.4. The van der Waals surface area contributed by atoms with Gasteiger partial charge < -0.3 is 15.7 Å². The molecule has 1 aromatic carbocycles. The van der Waals surface area contributed by atoms with Crippen LogP contribution in [0.1, 0.15) is 31.4 Å². The van der Waals surface area contributed by atoms with E-state index in [0.717, 1.165) is 24.2 Å². The molecule has 1 aliphatic carbocycles. The van der Waals surface area contributed by atoms with Gasteiger partial charge in [-0.3, -0.25) is 0 Å². The molecule has 5 nitrogen and oxygen atoms in total. The Morgan fingerprint density at radius 1 is 1.27 bits per heavy atom. The highest BCUT2D eigenvalue weighted by Crippen LogP contribution is 2.40. The lowest BCUT2D eigenvalue weighted by molar-refractivity contribution is 0.281. The van der Waals surface area contributed by atoms with Crippen LogP contribution in [0.3, 0.4) is 0 Å². The fourth-order valence-corrected chi connectivity index (χ4v) is 2.13. The molecule has 3 N–H and O–H groups in total. The van der Waals surface area contributed by atoms with E-state index in [1.54, 1.807) is 12.1 Å². The lowest BCUT2D eigenvalue weighted by Gasteiger charge is -2.14. The molecule has 2 aromatic rings. The molecule has 0 spiro atoms. The van der Waals surface area contributed by atoms with Crippen molar-refractivity contribution in [3.05, 3.63) is 41.8 Å². The molecule has 0 aliphatic heterocycles. The summed E-state index contributed by atoms with van der Waals surface area (Å²) in [5, 5.41) is 15.4. The van der Waals surface area contributed by atoms with E-state index in [0.29, 0.717) is 17.7 Å². The Bertz CT molecular complexity index is 643. The molecule has 116 valence electrons. The Hall–Kier alpha value is -2.21. The summed E-state index contributed by atoms with van der Waals surface area (Å²) in [5.74, 6) is 1.37. The van der Waals surface area contributed by atoms with Gasteiger partial charge in [0.15, 0.2) is 0 Å². The summed E-state index contributed by atoms with van der Waals surface area (Å²) in [6, 6.07) is 7.94. The number of aliphatic hydroxyl groups is 1. The molecule has 3 rings (SSSR count). The number of hydrogen-bond donors (Lipinski definition) is 3. The number of anilines is 3. The number of aliphatic hydroxyl groups excluding tert-OH is 1. The minimum atomic E-state index is -0.272. The third-order valence-electron chi connectivity index (χ3n) is 3.51. The Labute approximate surface area is 128 Å². The van der Waals surface area contributed by atoms with E-state index in [4.69, 9.17) is 5.11 Å². The van der Waals surface area contributed by atoms with Crippen LogP contribution in [0.25, 0.3) is 0 Å². The first kappa shape index (κ1) is 14.7. The predicted octanol–water partition coefficient (Wildman–Crippen LogP) is 3.03. The van der Waals surface area contributed by atoms with Gasteiger partial charge in [-0.1, -0.05) is 0 Å². The summed E-state index contributed by atoms with van der Waals surface area (Å²) in [6.07, 6.45) is 2.28. The molecule has 1 heterocycles. The molecule has 1 aromatic heterocycles. The van der Waals surface area contributed by atoms with Crippen molar-refractivity contribution in [2.75, 3.05) is 17.2 Å². The smallest absolute Gasteiger partial charge is 0.225 e. The lowest BCUT2D eigenvalue weighted by Crippen LogP contribution is -2.21. The first-order valence-corrected chi connectivity index (χ1v) is 7.43. The quantitative estimate of drug-likeness (QED) is 0.765.